The molecule has 7 nitrogen and oxygen atoms in total. The largest absolute Gasteiger partial charge is 0.484 e. The van der Waals surface area contributed by atoms with Gasteiger partial charge in [-0.05, 0) is 54.1 Å². The van der Waals surface area contributed by atoms with Gasteiger partial charge in [-0.2, -0.15) is 13.2 Å². The first-order valence-corrected chi connectivity index (χ1v) is 12.7. The number of ether oxygens (including phenoxy) is 1. The van der Waals surface area contributed by atoms with Gasteiger partial charge in [0.05, 0.1) is 30.5 Å². The van der Waals surface area contributed by atoms with E-state index in [9.17, 15) is 18.0 Å². The number of piperazine rings is 1. The van der Waals surface area contributed by atoms with Crippen LogP contribution in [0.5, 0.6) is 5.75 Å². The molecule has 1 amide bonds. The Balaban J connectivity index is 1.20. The van der Waals surface area contributed by atoms with Crippen LogP contribution in [0.4, 0.5) is 18.9 Å². The lowest BCUT2D eigenvalue weighted by Gasteiger charge is -2.26. The van der Waals surface area contributed by atoms with Crippen LogP contribution < -0.4 is 10.1 Å². The molecule has 0 bridgehead atoms. The van der Waals surface area contributed by atoms with Crippen LogP contribution in [0, 0.1) is 0 Å². The van der Waals surface area contributed by atoms with Gasteiger partial charge >= 0.3 is 6.18 Å². The summed E-state index contributed by atoms with van der Waals surface area (Å²) in [5.41, 5.74) is 2.20. The number of nitrogens with one attached hydrogen (secondary N) is 1. The molecule has 39 heavy (non-hydrogen) atoms. The summed E-state index contributed by atoms with van der Waals surface area (Å²) in [5.74, 6) is -0.0801. The number of imidazole rings is 1. The average Bonchev–Trinajstić information content (AvgIpc) is 3.37. The van der Waals surface area contributed by atoms with Crippen LogP contribution in [0.1, 0.15) is 18.1 Å². The Labute approximate surface area is 224 Å². The Morgan fingerprint density at radius 1 is 1.10 bits per heavy atom. The summed E-state index contributed by atoms with van der Waals surface area (Å²) in [5, 5.41) is 2.52. The van der Waals surface area contributed by atoms with Gasteiger partial charge < -0.3 is 10.1 Å². The summed E-state index contributed by atoms with van der Waals surface area (Å²) < 4.78 is 51.2. The Bertz CT molecular complexity index is 1490. The molecule has 0 unspecified atom stereocenters. The smallest absolute Gasteiger partial charge is 0.416 e. The van der Waals surface area contributed by atoms with E-state index < -0.39 is 17.6 Å². The standard InChI is InChI=1S/C29H28F3N5O2/c1-2-35-13-15-36(16-14-35)19-22-6-9-23(17-25(22)29(30,31)32)34-28(38)20-39-24-10-7-21(8-11-24)26-18-33-27-5-3-4-12-37(26)27/h2-12,17-18H,13-16,19-20H2,1H3/p+1. The van der Waals surface area contributed by atoms with Crippen molar-refractivity contribution in [3.8, 4) is 17.0 Å². The highest BCUT2D eigenvalue weighted by atomic mass is 19.4. The van der Waals surface area contributed by atoms with Gasteiger partial charge in [0.25, 0.3) is 5.91 Å². The monoisotopic (exact) mass is 536 g/mol. The number of alkyl halides is 3. The van der Waals surface area contributed by atoms with Gasteiger partial charge in [-0.1, -0.05) is 12.1 Å². The third-order valence-corrected chi connectivity index (χ3v) is 6.80. The van der Waals surface area contributed by atoms with Crippen molar-refractivity contribution in [3.63, 3.8) is 0 Å². The van der Waals surface area contributed by atoms with Crippen LogP contribution in [-0.4, -0.2) is 63.8 Å². The van der Waals surface area contributed by atoms with E-state index in [1.54, 1.807) is 18.3 Å². The minimum absolute atomic E-state index is 0.0769. The number of anilines is 1. The molecule has 0 aliphatic carbocycles. The van der Waals surface area contributed by atoms with Gasteiger partial charge in [0, 0.05) is 30.9 Å². The van der Waals surface area contributed by atoms with Crippen molar-refractivity contribution in [3.05, 3.63) is 84.2 Å². The predicted octanol–water partition coefficient (Wildman–Crippen LogP) is 4.96. The van der Waals surface area contributed by atoms with E-state index in [0.29, 0.717) is 18.8 Å². The summed E-state index contributed by atoms with van der Waals surface area (Å²) in [6, 6.07) is 16.9. The summed E-state index contributed by atoms with van der Waals surface area (Å²) >= 11 is 0. The Morgan fingerprint density at radius 2 is 1.87 bits per heavy atom. The number of halogens is 3. The van der Waals surface area contributed by atoms with Crippen molar-refractivity contribution in [2.45, 2.75) is 19.6 Å². The summed E-state index contributed by atoms with van der Waals surface area (Å²) in [4.78, 5) is 18.9. The van der Waals surface area contributed by atoms with E-state index in [1.165, 1.54) is 12.1 Å². The molecule has 0 spiro atoms. The molecule has 4 aromatic rings. The number of nitrogens with zero attached hydrogens (tertiary/aromatic N) is 4. The molecule has 5 rings (SSSR count). The lowest BCUT2D eigenvalue weighted by Crippen LogP contribution is -2.41. The fourth-order valence-corrected chi connectivity index (χ4v) is 4.69. The number of hydrogen-bond donors (Lipinski definition) is 1. The molecular weight excluding hydrogens is 507 g/mol. The van der Waals surface area contributed by atoms with Crippen molar-refractivity contribution in [2.24, 2.45) is 0 Å². The molecule has 1 N–H and O–H groups in total. The van der Waals surface area contributed by atoms with Gasteiger partial charge in [0.2, 0.25) is 0 Å². The highest BCUT2D eigenvalue weighted by Gasteiger charge is 2.34. The summed E-state index contributed by atoms with van der Waals surface area (Å²) in [7, 11) is 0. The molecule has 2 aromatic carbocycles. The number of amides is 1. The maximum Gasteiger partial charge on any atom is 0.416 e. The van der Waals surface area contributed by atoms with Gasteiger partial charge in [0.1, 0.15) is 17.6 Å². The Kier molecular flexibility index (Phi) is 7.65. The minimum atomic E-state index is -4.53. The molecule has 0 saturated carbocycles. The molecule has 1 saturated heterocycles. The van der Waals surface area contributed by atoms with Gasteiger partial charge in [-0.25, -0.2) is 9.56 Å². The molecule has 0 radical (unpaired) electrons. The van der Waals surface area contributed by atoms with Gasteiger partial charge in [0.15, 0.2) is 19.7 Å². The van der Waals surface area contributed by atoms with Crippen LogP contribution in [-0.2, 0) is 17.5 Å². The highest BCUT2D eigenvalue weighted by molar-refractivity contribution is 5.92. The van der Waals surface area contributed by atoms with Crippen molar-refractivity contribution >= 4 is 23.5 Å². The Morgan fingerprint density at radius 3 is 2.59 bits per heavy atom. The third kappa shape index (κ3) is 6.28. The normalized spacial score (nSPS) is 14.4. The van der Waals surface area contributed by atoms with E-state index >= 15 is 0 Å². The molecule has 3 heterocycles. The second kappa shape index (κ2) is 11.3. The molecule has 1 fully saturated rings. The van der Waals surface area contributed by atoms with Crippen LogP contribution >= 0.6 is 0 Å². The van der Waals surface area contributed by atoms with E-state index in [2.05, 4.69) is 14.9 Å². The maximum atomic E-state index is 13.9. The quantitative estimate of drug-likeness (QED) is 0.340. The first kappa shape index (κ1) is 26.4. The van der Waals surface area contributed by atoms with E-state index in [-0.39, 0.29) is 24.4 Å². The number of pyridine rings is 1. The van der Waals surface area contributed by atoms with Gasteiger partial charge in [-0.3, -0.25) is 14.1 Å². The number of fused-ring (bicyclic) bond motifs is 1. The zero-order chi connectivity index (χ0) is 27.4. The zero-order valence-corrected chi connectivity index (χ0v) is 21.5. The van der Waals surface area contributed by atoms with Crippen LogP contribution in [0.3, 0.4) is 0 Å². The first-order valence-electron chi connectivity index (χ1n) is 12.7. The van der Waals surface area contributed by atoms with Crippen molar-refractivity contribution in [1.29, 1.82) is 0 Å². The van der Waals surface area contributed by atoms with Crippen LogP contribution in [0.25, 0.3) is 16.9 Å². The third-order valence-electron chi connectivity index (χ3n) is 6.80. The van der Waals surface area contributed by atoms with E-state index in [1.807, 2.05) is 59.0 Å². The molecule has 1 aliphatic heterocycles. The number of carbonyl (C=O) groups is 1. The fraction of sp³-hybridized carbons (Fsp3) is 0.276. The first-order chi connectivity index (χ1) is 18.8. The van der Waals surface area contributed by atoms with E-state index in [0.717, 1.165) is 36.1 Å². The molecule has 202 valence electrons. The zero-order valence-electron chi connectivity index (χ0n) is 21.5. The fourth-order valence-electron chi connectivity index (χ4n) is 4.69. The summed E-state index contributed by atoms with van der Waals surface area (Å²) in [6.45, 7) is 4.78. The number of hydrogen-bond acceptors (Lipinski definition) is 4. The molecular formula is C29H29F3N5O2+. The number of carbonyl (C=O) groups excluding carboxylic acids is 1. The Hall–Kier alpha value is -4.18. The second-order valence-electron chi connectivity index (χ2n) is 9.37. The lowest BCUT2D eigenvalue weighted by atomic mass is 10.0. The lowest BCUT2D eigenvalue weighted by molar-refractivity contribution is -0.536. The van der Waals surface area contributed by atoms with Crippen molar-refractivity contribution in [1.82, 2.24) is 14.3 Å². The minimum Gasteiger partial charge on any atom is -0.484 e. The predicted molar refractivity (Wildman–Crippen MR) is 143 cm³/mol. The topological polar surface area (TPSA) is 61.9 Å². The highest BCUT2D eigenvalue weighted by Crippen LogP contribution is 2.34. The van der Waals surface area contributed by atoms with Gasteiger partial charge in [-0.15, -0.1) is 0 Å². The molecule has 0 atom stereocenters. The SMILES string of the molecule is CC=[N+]1CCN(Cc2ccc(NC(=O)COc3ccc(-c4cnc5ccccn45)cc3)cc2C(F)(F)F)CC1. The second-order valence-corrected chi connectivity index (χ2v) is 9.37. The van der Waals surface area contributed by atoms with Crippen LogP contribution in [0.15, 0.2) is 73.1 Å². The summed E-state index contributed by atoms with van der Waals surface area (Å²) in [6.07, 6.45) is 1.17. The van der Waals surface area contributed by atoms with E-state index in [4.69, 9.17) is 4.74 Å². The number of benzene rings is 2. The van der Waals surface area contributed by atoms with Crippen molar-refractivity contribution in [2.75, 3.05) is 38.1 Å². The average molecular weight is 537 g/mol. The molecule has 2 aromatic heterocycles. The van der Waals surface area contributed by atoms with Crippen LogP contribution in [0.2, 0.25) is 0 Å². The molecule has 10 heteroatoms. The molecule has 1 aliphatic rings. The maximum absolute atomic E-state index is 13.9. The number of aromatic nitrogens is 2. The number of rotatable bonds is 7. The van der Waals surface area contributed by atoms with Crippen molar-refractivity contribution < 1.29 is 27.3 Å².